The van der Waals surface area contributed by atoms with Crippen LogP contribution in [0, 0.1) is 11.3 Å². The van der Waals surface area contributed by atoms with Gasteiger partial charge in [0.25, 0.3) is 0 Å². The molecular weight excluding hydrogens is 106 g/mol. The maximum atomic E-state index is 8.69. The summed E-state index contributed by atoms with van der Waals surface area (Å²) in [4.78, 5) is 0. The minimum Gasteiger partial charge on any atom is -0.504 e. The van der Waals surface area contributed by atoms with Crippen molar-refractivity contribution in [2.24, 2.45) is 0 Å². The normalized spacial score (nSPS) is 6.00. The Morgan fingerprint density at radius 3 is 2.00 bits per heavy atom. The van der Waals surface area contributed by atoms with Gasteiger partial charge in [-0.05, 0) is 0 Å². The summed E-state index contributed by atoms with van der Waals surface area (Å²) in [6, 6.07) is 0. The summed E-state index contributed by atoms with van der Waals surface area (Å²) in [5.74, 6) is 0. The number of hydrogen-bond donors (Lipinski definition) is 1. The monoisotopic (exact) mass is 108 g/mol. The summed E-state index contributed by atoms with van der Waals surface area (Å²) in [7, 11) is 0. The molecule has 0 unspecified atom stereocenters. The molecule has 1 N–H and O–H groups in total. The van der Waals surface area contributed by atoms with Gasteiger partial charge in [0, 0.05) is 0 Å². The first-order valence-corrected chi connectivity index (χ1v) is 1.11. The molecule has 3 nitrogen and oxygen atoms in total. The zero-order valence-electron chi connectivity index (χ0n) is 1.64. The Bertz CT molecular complexity index is 8.85. The van der Waals surface area contributed by atoms with Crippen LogP contribution in [0.25, 0.3) is 0 Å². The van der Waals surface area contributed by atoms with E-state index in [4.69, 9.17) is 9.92 Å². The van der Waals surface area contributed by atoms with E-state index >= 15 is 0 Å². The largest absolute Gasteiger partial charge is 0.504 e. The van der Waals surface area contributed by atoms with E-state index in [1.54, 1.807) is 0 Å². The van der Waals surface area contributed by atoms with Crippen molar-refractivity contribution >= 4 is 29.6 Å². The van der Waals surface area contributed by atoms with Gasteiger partial charge in [0.15, 0.2) is 0 Å². The third-order valence-electron chi connectivity index (χ3n) is 0.0282. The maximum Gasteiger partial charge on any atom is 0.365 e. The van der Waals surface area contributed by atoms with Crippen LogP contribution >= 0.6 is 0 Å². The summed E-state index contributed by atoms with van der Waals surface area (Å²) in [5, 5.41) is 7.00. The summed E-state index contributed by atoms with van der Waals surface area (Å²) >= 11 is 0.0201. The van der Waals surface area contributed by atoms with Crippen molar-refractivity contribution in [3.63, 3.8) is 0 Å². The molecular formula is H2ClNaO3. The fourth-order valence-electron chi connectivity index (χ4n) is 0. The molecule has 5 heteroatoms. The number of hydrogen-bond acceptors (Lipinski definition) is 3. The van der Waals surface area contributed by atoms with Crippen molar-refractivity contribution in [3.05, 3.63) is 0 Å². The van der Waals surface area contributed by atoms with Gasteiger partial charge in [-0.15, -0.1) is 0 Å². The first-order valence-electron chi connectivity index (χ1n) is 0.491. The minimum atomic E-state index is 0. The second-order valence-corrected chi connectivity index (χ2v) is 0.396. The van der Waals surface area contributed by atoms with Crippen molar-refractivity contribution in [3.8, 4) is 0 Å². The van der Waals surface area contributed by atoms with Crippen LogP contribution in [-0.4, -0.2) is 34.8 Å². The molecule has 5 heavy (non-hydrogen) atoms. The van der Waals surface area contributed by atoms with Gasteiger partial charge in [0.1, 0.15) is 0 Å². The van der Waals surface area contributed by atoms with Gasteiger partial charge in [-0.2, -0.15) is 5.26 Å². The van der Waals surface area contributed by atoms with Crippen molar-refractivity contribution < 1.29 is 25.7 Å². The van der Waals surface area contributed by atoms with Gasteiger partial charge >= 0.3 is 40.9 Å². The molecule has 0 aliphatic carbocycles. The van der Waals surface area contributed by atoms with Crippen molar-refractivity contribution in [1.82, 2.24) is 0 Å². The molecule has 0 bridgehead atoms. The van der Waals surface area contributed by atoms with Crippen LogP contribution in [0.15, 0.2) is 0 Å². The molecule has 0 aromatic carbocycles. The van der Waals surface area contributed by atoms with Crippen molar-refractivity contribution in [2.75, 3.05) is 0 Å². The summed E-state index contributed by atoms with van der Waals surface area (Å²) in [6.07, 6.45) is 0. The fourth-order valence-corrected chi connectivity index (χ4v) is 0. The molecule has 0 radical (unpaired) electrons. The topological polar surface area (TPSA) is 52.5 Å². The Balaban J connectivity index is 0. The van der Waals surface area contributed by atoms with E-state index in [0.29, 0.717) is 0 Å². The Kier molecular flexibility index (Phi) is 17.0. The molecule has 0 saturated carbocycles. The van der Waals surface area contributed by atoms with Gasteiger partial charge in [0.05, 0.1) is 4.44 Å². The van der Waals surface area contributed by atoms with Gasteiger partial charge in [-0.1, -0.05) is 0 Å². The van der Waals surface area contributed by atoms with Crippen LogP contribution in [0.2, 0.25) is 0 Å². The van der Waals surface area contributed by atoms with Gasteiger partial charge in [0.2, 0.25) is 0 Å². The van der Waals surface area contributed by atoms with E-state index in [9.17, 15) is 0 Å². The van der Waals surface area contributed by atoms with E-state index in [1.807, 2.05) is 0 Å². The van der Waals surface area contributed by atoms with E-state index in [2.05, 4.69) is 4.44 Å². The minimum absolute atomic E-state index is 0. The van der Waals surface area contributed by atoms with Crippen LogP contribution in [0.1, 0.15) is 0 Å². The molecule has 28 valence electrons. The molecule has 0 heterocycles. The zero-order chi connectivity index (χ0) is 3.41. The summed E-state index contributed by atoms with van der Waals surface area (Å²) in [5.41, 5.74) is 0. The molecule has 0 aliphatic rings. The zero-order valence-corrected chi connectivity index (χ0v) is 2.40. The Morgan fingerprint density at radius 1 is 1.80 bits per heavy atom. The average molecular weight is 108 g/mol. The predicted octanol–water partition coefficient (Wildman–Crippen LogP) is -1.90. The standard InChI is InChI=1S/ClHO3.Na.H/c2-1-4-3;;/h3H;;. The van der Waals surface area contributed by atoms with E-state index < -0.39 is 0 Å². The third kappa shape index (κ3) is 11.0. The first kappa shape index (κ1) is 9.48. The number of rotatable bonds is 1. The molecule has 0 saturated heterocycles. The third-order valence-corrected chi connectivity index (χ3v) is 0.0845. The quantitative estimate of drug-likeness (QED) is 0.243. The Labute approximate surface area is 55.2 Å². The summed E-state index contributed by atoms with van der Waals surface area (Å²) in [6.45, 7) is 0. The Hall–Kier alpha value is 1.17. The second-order valence-electron chi connectivity index (χ2n) is 0.132. The molecule has 0 atom stereocenters. The van der Waals surface area contributed by atoms with E-state index in [0.717, 1.165) is 0 Å². The molecule has 0 amide bonds. The van der Waals surface area contributed by atoms with Crippen LogP contribution in [0.3, 0.4) is 0 Å². The first-order chi connectivity index (χ1) is 1.91. The summed E-state index contributed by atoms with van der Waals surface area (Å²) < 4.78 is 11.5. The fraction of sp³-hybridized carbons (Fsp3) is 0. The maximum absolute atomic E-state index is 8.69. The van der Waals surface area contributed by atoms with Crippen LogP contribution in [0.5, 0.6) is 0 Å². The van der Waals surface area contributed by atoms with Gasteiger partial charge in [-0.25, -0.2) is 0 Å². The molecule has 0 aromatic heterocycles. The smallest absolute Gasteiger partial charge is 0.365 e. The SMILES string of the molecule is [NaH].[O-][Cl+]OO. The van der Waals surface area contributed by atoms with Crippen LogP contribution < -0.4 is 4.66 Å². The van der Waals surface area contributed by atoms with Gasteiger partial charge in [-0.3, -0.25) is 0 Å². The molecule has 0 rings (SSSR count). The van der Waals surface area contributed by atoms with E-state index in [1.165, 1.54) is 0 Å². The predicted molar refractivity (Wildman–Crippen MR) is 10.9 cm³/mol. The molecule has 0 aromatic rings. The number of halogens is 1. The van der Waals surface area contributed by atoms with Crippen LogP contribution in [-0.2, 0) is 4.44 Å². The van der Waals surface area contributed by atoms with Crippen molar-refractivity contribution in [1.29, 1.82) is 0 Å². The van der Waals surface area contributed by atoms with E-state index in [-0.39, 0.29) is 40.9 Å². The molecule has 0 fully saturated rings. The molecule has 0 spiro atoms. The average Bonchev–Trinajstić information content (AvgIpc) is 1.37. The van der Waals surface area contributed by atoms with Crippen molar-refractivity contribution in [2.45, 2.75) is 0 Å². The van der Waals surface area contributed by atoms with Gasteiger partial charge < -0.3 is 4.66 Å². The van der Waals surface area contributed by atoms with Crippen LogP contribution in [0.4, 0.5) is 0 Å². The Morgan fingerprint density at radius 2 is 2.00 bits per heavy atom. The second kappa shape index (κ2) is 8.95. The molecule has 0 aliphatic heterocycles.